The summed E-state index contributed by atoms with van der Waals surface area (Å²) in [7, 11) is 0. The summed E-state index contributed by atoms with van der Waals surface area (Å²) >= 11 is 3.52. The molecule has 0 radical (unpaired) electrons. The van der Waals surface area contributed by atoms with Crippen LogP contribution in [0.3, 0.4) is 0 Å². The number of benzene rings is 1. The molecule has 1 aromatic carbocycles. The van der Waals surface area contributed by atoms with Gasteiger partial charge in [0.05, 0.1) is 11.4 Å². The molecule has 1 atom stereocenters. The highest BCUT2D eigenvalue weighted by molar-refractivity contribution is 9.10. The van der Waals surface area contributed by atoms with E-state index in [0.29, 0.717) is 6.04 Å². The Kier molecular flexibility index (Phi) is 3.74. The topological polar surface area (TPSA) is 29.3 Å². The molecule has 1 fully saturated rings. The SMILES string of the molecule is CCC1CCCCN1c1cc(Br)ccc1N. The Balaban J connectivity index is 2.30. The fourth-order valence-corrected chi connectivity index (χ4v) is 2.86. The minimum absolute atomic E-state index is 0.658. The van der Waals surface area contributed by atoms with E-state index in [1.807, 2.05) is 12.1 Å². The predicted octanol–water partition coefficient (Wildman–Crippen LogP) is 3.80. The third-order valence-corrected chi connectivity index (χ3v) is 3.89. The number of piperidine rings is 1. The Morgan fingerprint density at radius 1 is 1.44 bits per heavy atom. The van der Waals surface area contributed by atoms with Gasteiger partial charge in [-0.05, 0) is 43.9 Å². The van der Waals surface area contributed by atoms with E-state index in [9.17, 15) is 0 Å². The molecule has 0 aromatic heterocycles. The van der Waals surface area contributed by atoms with Crippen molar-refractivity contribution in [3.05, 3.63) is 22.7 Å². The fraction of sp³-hybridized carbons (Fsp3) is 0.538. The van der Waals surface area contributed by atoms with Gasteiger partial charge in [-0.15, -0.1) is 0 Å². The molecule has 0 saturated carbocycles. The van der Waals surface area contributed by atoms with Crippen LogP contribution >= 0.6 is 15.9 Å². The van der Waals surface area contributed by atoms with Crippen molar-refractivity contribution in [2.24, 2.45) is 0 Å². The van der Waals surface area contributed by atoms with Crippen molar-refractivity contribution in [1.29, 1.82) is 0 Å². The van der Waals surface area contributed by atoms with E-state index in [1.54, 1.807) is 0 Å². The highest BCUT2D eigenvalue weighted by atomic mass is 79.9. The monoisotopic (exact) mass is 282 g/mol. The number of hydrogen-bond acceptors (Lipinski definition) is 2. The number of anilines is 2. The normalized spacial score (nSPS) is 21.1. The van der Waals surface area contributed by atoms with Crippen LogP contribution in [-0.4, -0.2) is 12.6 Å². The van der Waals surface area contributed by atoms with Gasteiger partial charge < -0.3 is 10.6 Å². The minimum Gasteiger partial charge on any atom is -0.397 e. The van der Waals surface area contributed by atoms with E-state index < -0.39 is 0 Å². The van der Waals surface area contributed by atoms with Gasteiger partial charge in [-0.1, -0.05) is 22.9 Å². The molecule has 1 heterocycles. The zero-order valence-electron chi connectivity index (χ0n) is 9.75. The van der Waals surface area contributed by atoms with Gasteiger partial charge in [-0.2, -0.15) is 0 Å². The van der Waals surface area contributed by atoms with Crippen LogP contribution < -0.4 is 10.6 Å². The zero-order valence-corrected chi connectivity index (χ0v) is 11.3. The average molecular weight is 283 g/mol. The maximum absolute atomic E-state index is 6.07. The lowest BCUT2D eigenvalue weighted by Gasteiger charge is -2.37. The number of nitrogen functional groups attached to an aromatic ring is 1. The van der Waals surface area contributed by atoms with Crippen molar-refractivity contribution in [1.82, 2.24) is 0 Å². The molecule has 1 aromatic rings. The van der Waals surface area contributed by atoms with Crippen molar-refractivity contribution in [3.63, 3.8) is 0 Å². The van der Waals surface area contributed by atoms with E-state index in [0.717, 1.165) is 16.7 Å². The van der Waals surface area contributed by atoms with Crippen molar-refractivity contribution < 1.29 is 0 Å². The van der Waals surface area contributed by atoms with Gasteiger partial charge in [-0.25, -0.2) is 0 Å². The first-order chi connectivity index (χ1) is 7.72. The molecule has 3 heteroatoms. The second-order valence-corrected chi connectivity index (χ2v) is 5.37. The maximum Gasteiger partial charge on any atom is 0.0613 e. The Hall–Kier alpha value is -0.700. The zero-order chi connectivity index (χ0) is 11.5. The number of rotatable bonds is 2. The second kappa shape index (κ2) is 5.09. The van der Waals surface area contributed by atoms with Gasteiger partial charge in [0.2, 0.25) is 0 Å². The second-order valence-electron chi connectivity index (χ2n) is 4.45. The van der Waals surface area contributed by atoms with Crippen molar-refractivity contribution in [2.75, 3.05) is 17.2 Å². The molecule has 2 nitrogen and oxygen atoms in total. The summed E-state index contributed by atoms with van der Waals surface area (Å²) in [6.45, 7) is 3.40. The van der Waals surface area contributed by atoms with E-state index >= 15 is 0 Å². The molecule has 2 rings (SSSR count). The molecule has 16 heavy (non-hydrogen) atoms. The van der Waals surface area contributed by atoms with Crippen LogP contribution in [-0.2, 0) is 0 Å². The van der Waals surface area contributed by atoms with Crippen LogP contribution in [0.1, 0.15) is 32.6 Å². The summed E-state index contributed by atoms with van der Waals surface area (Å²) < 4.78 is 1.11. The van der Waals surface area contributed by atoms with Crippen LogP contribution in [0.25, 0.3) is 0 Å². The molecule has 0 spiro atoms. The summed E-state index contributed by atoms with van der Waals surface area (Å²) in [6.07, 6.45) is 5.12. The quantitative estimate of drug-likeness (QED) is 0.836. The lowest BCUT2D eigenvalue weighted by atomic mass is 9.99. The lowest BCUT2D eigenvalue weighted by Crippen LogP contribution is -2.39. The highest BCUT2D eigenvalue weighted by Crippen LogP contribution is 2.32. The smallest absolute Gasteiger partial charge is 0.0613 e. The fourth-order valence-electron chi connectivity index (χ4n) is 2.51. The first-order valence-corrected chi connectivity index (χ1v) is 6.83. The van der Waals surface area contributed by atoms with Gasteiger partial charge in [0.1, 0.15) is 0 Å². The summed E-state index contributed by atoms with van der Waals surface area (Å²) in [5.74, 6) is 0. The maximum atomic E-state index is 6.07. The van der Waals surface area contributed by atoms with Crippen molar-refractivity contribution in [3.8, 4) is 0 Å². The summed E-state index contributed by atoms with van der Waals surface area (Å²) in [6, 6.07) is 6.79. The van der Waals surface area contributed by atoms with Gasteiger partial charge in [0.15, 0.2) is 0 Å². The number of hydrogen-bond donors (Lipinski definition) is 1. The molecule has 1 aliphatic rings. The number of halogens is 1. The third-order valence-electron chi connectivity index (χ3n) is 3.40. The van der Waals surface area contributed by atoms with Crippen molar-refractivity contribution in [2.45, 2.75) is 38.6 Å². The molecule has 0 amide bonds. The van der Waals surface area contributed by atoms with Gasteiger partial charge in [0.25, 0.3) is 0 Å². The van der Waals surface area contributed by atoms with E-state index in [1.165, 1.54) is 31.4 Å². The molecule has 0 aliphatic carbocycles. The Morgan fingerprint density at radius 3 is 3.00 bits per heavy atom. The number of nitrogens with zero attached hydrogens (tertiary/aromatic N) is 1. The van der Waals surface area contributed by atoms with Crippen LogP contribution in [0, 0.1) is 0 Å². The Labute approximate surface area is 106 Å². The van der Waals surface area contributed by atoms with Crippen LogP contribution in [0.2, 0.25) is 0 Å². The first-order valence-electron chi connectivity index (χ1n) is 6.04. The molecule has 1 aliphatic heterocycles. The molecule has 1 saturated heterocycles. The van der Waals surface area contributed by atoms with Gasteiger partial charge >= 0.3 is 0 Å². The highest BCUT2D eigenvalue weighted by Gasteiger charge is 2.22. The summed E-state index contributed by atoms with van der Waals surface area (Å²) in [4.78, 5) is 2.48. The van der Waals surface area contributed by atoms with E-state index in [2.05, 4.69) is 33.8 Å². The van der Waals surface area contributed by atoms with Crippen LogP contribution in [0.4, 0.5) is 11.4 Å². The minimum atomic E-state index is 0.658. The van der Waals surface area contributed by atoms with Crippen LogP contribution in [0.5, 0.6) is 0 Å². The third kappa shape index (κ3) is 2.34. The van der Waals surface area contributed by atoms with Crippen molar-refractivity contribution >= 4 is 27.3 Å². The average Bonchev–Trinajstić information content (AvgIpc) is 2.32. The predicted molar refractivity (Wildman–Crippen MR) is 73.8 cm³/mol. The molecular weight excluding hydrogens is 264 g/mol. The summed E-state index contributed by atoms with van der Waals surface area (Å²) in [5.41, 5.74) is 8.16. The van der Waals surface area contributed by atoms with E-state index in [-0.39, 0.29) is 0 Å². The van der Waals surface area contributed by atoms with Gasteiger partial charge in [0, 0.05) is 17.1 Å². The largest absolute Gasteiger partial charge is 0.397 e. The molecule has 88 valence electrons. The summed E-state index contributed by atoms with van der Waals surface area (Å²) in [5, 5.41) is 0. The molecular formula is C13H19BrN2. The molecule has 0 bridgehead atoms. The van der Waals surface area contributed by atoms with E-state index in [4.69, 9.17) is 5.73 Å². The van der Waals surface area contributed by atoms with Crippen LogP contribution in [0.15, 0.2) is 22.7 Å². The lowest BCUT2D eigenvalue weighted by molar-refractivity contribution is 0.450. The molecule has 2 N–H and O–H groups in total. The first kappa shape index (κ1) is 11.8. The molecule has 1 unspecified atom stereocenters. The van der Waals surface area contributed by atoms with Gasteiger partial charge in [-0.3, -0.25) is 0 Å². The standard InChI is InChI=1S/C13H19BrN2/c1-2-11-5-3-4-8-16(11)13-9-10(14)6-7-12(13)15/h6-7,9,11H,2-5,8,15H2,1H3. The Bertz CT molecular complexity index is 365. The number of nitrogens with two attached hydrogens (primary N) is 1. The Morgan fingerprint density at radius 2 is 2.25 bits per heavy atom.